The van der Waals surface area contributed by atoms with Gasteiger partial charge in [-0.05, 0) is 24.5 Å². The van der Waals surface area contributed by atoms with Crippen LogP contribution in [0.25, 0.3) is 6.08 Å². The number of carboxylic acids is 1. The van der Waals surface area contributed by atoms with Crippen molar-refractivity contribution in [2.45, 2.75) is 32.6 Å². The second-order valence-electron chi connectivity index (χ2n) is 3.84. The van der Waals surface area contributed by atoms with Gasteiger partial charge in [0.1, 0.15) is 0 Å². The monoisotopic (exact) mass is 218 g/mol. The zero-order valence-corrected chi connectivity index (χ0v) is 9.65. The Kier molecular flexibility index (Phi) is 5.34. The summed E-state index contributed by atoms with van der Waals surface area (Å²) < 4.78 is 0. The third-order valence-corrected chi connectivity index (χ3v) is 2.46. The Morgan fingerprint density at radius 1 is 1.25 bits per heavy atom. The van der Waals surface area contributed by atoms with E-state index in [1.165, 1.54) is 0 Å². The molecule has 1 N–H and O–H groups in total. The molecule has 0 heterocycles. The molecular formula is C14H18O2. The Bertz CT molecular complexity index is 352. The van der Waals surface area contributed by atoms with Gasteiger partial charge in [0.15, 0.2) is 0 Å². The lowest BCUT2D eigenvalue weighted by Gasteiger charge is -2.02. The summed E-state index contributed by atoms with van der Waals surface area (Å²) in [4.78, 5) is 11.0. The van der Waals surface area contributed by atoms with Crippen molar-refractivity contribution in [2.24, 2.45) is 0 Å². The van der Waals surface area contributed by atoms with Gasteiger partial charge in [0.2, 0.25) is 0 Å². The number of carbonyl (C=O) groups is 1. The molecule has 0 aliphatic carbocycles. The van der Waals surface area contributed by atoms with E-state index in [-0.39, 0.29) is 0 Å². The zero-order valence-electron chi connectivity index (χ0n) is 9.65. The highest BCUT2D eigenvalue weighted by molar-refractivity contribution is 5.92. The van der Waals surface area contributed by atoms with E-state index >= 15 is 0 Å². The molecule has 1 aromatic rings. The van der Waals surface area contributed by atoms with E-state index in [9.17, 15) is 4.79 Å². The first-order valence-electron chi connectivity index (χ1n) is 5.73. The van der Waals surface area contributed by atoms with E-state index < -0.39 is 5.97 Å². The summed E-state index contributed by atoms with van der Waals surface area (Å²) in [5.74, 6) is -0.806. The predicted octanol–water partition coefficient (Wildman–Crippen LogP) is 3.73. The summed E-state index contributed by atoms with van der Waals surface area (Å²) in [6.07, 6.45) is 5.55. The van der Waals surface area contributed by atoms with E-state index in [1.54, 1.807) is 6.08 Å². The van der Waals surface area contributed by atoms with Crippen LogP contribution in [-0.4, -0.2) is 11.1 Å². The fourth-order valence-electron chi connectivity index (χ4n) is 1.56. The molecule has 0 aliphatic heterocycles. The van der Waals surface area contributed by atoms with E-state index in [0.29, 0.717) is 12.0 Å². The van der Waals surface area contributed by atoms with Gasteiger partial charge in [0.25, 0.3) is 0 Å². The number of rotatable bonds is 6. The molecule has 0 saturated carbocycles. The molecule has 0 unspecified atom stereocenters. The molecule has 86 valence electrons. The van der Waals surface area contributed by atoms with Crippen molar-refractivity contribution in [3.05, 3.63) is 41.5 Å². The molecule has 0 atom stereocenters. The van der Waals surface area contributed by atoms with Gasteiger partial charge < -0.3 is 5.11 Å². The number of hydrogen-bond acceptors (Lipinski definition) is 1. The smallest absolute Gasteiger partial charge is 0.331 e. The highest BCUT2D eigenvalue weighted by Crippen LogP contribution is 2.13. The van der Waals surface area contributed by atoms with Crippen LogP contribution in [0.4, 0.5) is 0 Å². The lowest BCUT2D eigenvalue weighted by Crippen LogP contribution is -2.00. The van der Waals surface area contributed by atoms with Crippen molar-refractivity contribution in [3.63, 3.8) is 0 Å². The van der Waals surface area contributed by atoms with Gasteiger partial charge in [0.05, 0.1) is 0 Å². The maximum Gasteiger partial charge on any atom is 0.331 e. The van der Waals surface area contributed by atoms with Gasteiger partial charge in [-0.25, -0.2) is 4.79 Å². The second kappa shape index (κ2) is 6.83. The predicted molar refractivity (Wildman–Crippen MR) is 66.2 cm³/mol. The fourth-order valence-corrected chi connectivity index (χ4v) is 1.56. The summed E-state index contributed by atoms with van der Waals surface area (Å²) >= 11 is 0. The second-order valence-corrected chi connectivity index (χ2v) is 3.84. The lowest BCUT2D eigenvalue weighted by molar-refractivity contribution is -0.132. The summed E-state index contributed by atoms with van der Waals surface area (Å²) in [6.45, 7) is 2.11. The molecular weight excluding hydrogens is 200 g/mol. The first-order valence-corrected chi connectivity index (χ1v) is 5.73. The maximum absolute atomic E-state index is 11.0. The van der Waals surface area contributed by atoms with Crippen molar-refractivity contribution in [3.8, 4) is 0 Å². The van der Waals surface area contributed by atoms with Crippen molar-refractivity contribution >= 4 is 12.0 Å². The van der Waals surface area contributed by atoms with Crippen LogP contribution in [0.5, 0.6) is 0 Å². The number of carboxylic acid groups (broad SMARTS) is 1. The molecule has 16 heavy (non-hydrogen) atoms. The lowest BCUT2D eigenvalue weighted by atomic mass is 10.0. The topological polar surface area (TPSA) is 37.3 Å². The molecule has 0 radical (unpaired) electrons. The average Bonchev–Trinajstić information content (AvgIpc) is 2.29. The Balaban J connectivity index is 2.70. The van der Waals surface area contributed by atoms with Crippen LogP contribution < -0.4 is 0 Å². The van der Waals surface area contributed by atoms with Gasteiger partial charge in [-0.3, -0.25) is 0 Å². The van der Waals surface area contributed by atoms with E-state index in [4.69, 9.17) is 5.11 Å². The highest BCUT2D eigenvalue weighted by Gasteiger charge is 2.06. The van der Waals surface area contributed by atoms with Crippen LogP contribution in [0.1, 0.15) is 38.2 Å². The molecule has 1 aromatic carbocycles. The standard InChI is InChI=1S/C14H18O2/c1-2-3-5-10-13(14(15)16)11-12-8-6-4-7-9-12/h4,6-9,11H,2-3,5,10H2,1H3,(H,15,16)/b13-11+. The molecule has 0 saturated heterocycles. The molecule has 0 aromatic heterocycles. The summed E-state index contributed by atoms with van der Waals surface area (Å²) in [6, 6.07) is 9.59. The molecule has 0 amide bonds. The minimum Gasteiger partial charge on any atom is -0.478 e. The Labute approximate surface area is 96.6 Å². The zero-order chi connectivity index (χ0) is 11.8. The molecule has 0 bridgehead atoms. The minimum absolute atomic E-state index is 0.500. The molecule has 2 nitrogen and oxygen atoms in total. The van der Waals surface area contributed by atoms with Crippen LogP contribution in [0, 0.1) is 0 Å². The third kappa shape index (κ3) is 4.30. The van der Waals surface area contributed by atoms with Gasteiger partial charge in [-0.2, -0.15) is 0 Å². The number of hydrogen-bond donors (Lipinski definition) is 1. The largest absolute Gasteiger partial charge is 0.478 e. The third-order valence-electron chi connectivity index (χ3n) is 2.46. The van der Waals surface area contributed by atoms with E-state index in [2.05, 4.69) is 6.92 Å². The number of benzene rings is 1. The van der Waals surface area contributed by atoms with E-state index in [1.807, 2.05) is 30.3 Å². The van der Waals surface area contributed by atoms with Crippen LogP contribution in [0.3, 0.4) is 0 Å². The summed E-state index contributed by atoms with van der Waals surface area (Å²) in [5.41, 5.74) is 1.45. The van der Waals surface area contributed by atoms with Gasteiger partial charge in [-0.15, -0.1) is 0 Å². The first-order chi connectivity index (χ1) is 7.74. The van der Waals surface area contributed by atoms with Crippen LogP contribution >= 0.6 is 0 Å². The van der Waals surface area contributed by atoms with Crippen molar-refractivity contribution < 1.29 is 9.90 Å². The summed E-state index contributed by atoms with van der Waals surface area (Å²) in [5, 5.41) is 9.07. The fraction of sp³-hybridized carbons (Fsp3) is 0.357. The highest BCUT2D eigenvalue weighted by atomic mass is 16.4. The molecule has 1 rings (SSSR count). The number of aliphatic carboxylic acids is 1. The van der Waals surface area contributed by atoms with Gasteiger partial charge in [0, 0.05) is 5.57 Å². The van der Waals surface area contributed by atoms with Crippen LogP contribution in [0.15, 0.2) is 35.9 Å². The quantitative estimate of drug-likeness (QED) is 0.583. The van der Waals surface area contributed by atoms with E-state index in [0.717, 1.165) is 24.8 Å². The molecule has 2 heteroatoms. The van der Waals surface area contributed by atoms with Gasteiger partial charge in [-0.1, -0.05) is 50.1 Å². The Morgan fingerprint density at radius 2 is 1.94 bits per heavy atom. The van der Waals surface area contributed by atoms with Crippen molar-refractivity contribution in [2.75, 3.05) is 0 Å². The molecule has 0 spiro atoms. The van der Waals surface area contributed by atoms with Crippen molar-refractivity contribution in [1.82, 2.24) is 0 Å². The van der Waals surface area contributed by atoms with Crippen LogP contribution in [0.2, 0.25) is 0 Å². The molecule has 0 aliphatic rings. The Hall–Kier alpha value is -1.57. The Morgan fingerprint density at radius 3 is 2.50 bits per heavy atom. The number of unbranched alkanes of at least 4 members (excludes halogenated alkanes) is 2. The summed E-state index contributed by atoms with van der Waals surface area (Å²) in [7, 11) is 0. The van der Waals surface area contributed by atoms with Gasteiger partial charge >= 0.3 is 5.97 Å². The molecule has 0 fully saturated rings. The first kappa shape index (κ1) is 12.5. The minimum atomic E-state index is -0.806. The van der Waals surface area contributed by atoms with Crippen LogP contribution in [-0.2, 0) is 4.79 Å². The average molecular weight is 218 g/mol. The SMILES string of the molecule is CCCCC/C(=C\c1ccccc1)C(=O)O. The van der Waals surface area contributed by atoms with Crippen molar-refractivity contribution in [1.29, 1.82) is 0 Å². The maximum atomic E-state index is 11.0. The normalized spacial score (nSPS) is 11.4.